The topological polar surface area (TPSA) is 135 Å². The Morgan fingerprint density at radius 3 is 2.64 bits per heavy atom. The molecule has 4 rings (SSSR count). The van der Waals surface area contributed by atoms with Crippen molar-refractivity contribution in [2.75, 3.05) is 31.3 Å². The Labute approximate surface area is 281 Å². The Morgan fingerprint density at radius 2 is 1.94 bits per heavy atom. The van der Waals surface area contributed by atoms with Crippen LogP contribution in [0.2, 0.25) is 5.02 Å². The van der Waals surface area contributed by atoms with E-state index in [1.165, 1.54) is 19.2 Å². The number of hydrogen-bond donors (Lipinski definition) is 4. The summed E-state index contributed by atoms with van der Waals surface area (Å²) in [5, 5.41) is 9.28. The Morgan fingerprint density at radius 1 is 1.15 bits per heavy atom. The molecule has 13 heteroatoms. The molecule has 2 aromatic rings. The summed E-state index contributed by atoms with van der Waals surface area (Å²) in [6.45, 7) is 0.953. The summed E-state index contributed by atoms with van der Waals surface area (Å²) in [7, 11) is -2.34. The van der Waals surface area contributed by atoms with Gasteiger partial charge < -0.3 is 25.4 Å². The van der Waals surface area contributed by atoms with E-state index >= 15 is 4.39 Å². The first-order valence-corrected chi connectivity index (χ1v) is 18.1. The second kappa shape index (κ2) is 17.8. The number of anilines is 1. The molecule has 4 N–H and O–H groups in total. The van der Waals surface area contributed by atoms with Crippen LogP contribution in [0, 0.1) is 18.2 Å². The number of sulfonamides is 1. The summed E-state index contributed by atoms with van der Waals surface area (Å²) >= 11 is 6.17. The number of benzene rings is 2. The molecule has 0 aromatic heterocycles. The number of ether oxygens (including phenoxy) is 2. The van der Waals surface area contributed by atoms with Crippen LogP contribution in [0.5, 0.6) is 0 Å². The summed E-state index contributed by atoms with van der Waals surface area (Å²) in [4.78, 5) is 26.6. The van der Waals surface area contributed by atoms with E-state index in [0.717, 1.165) is 24.8 Å². The van der Waals surface area contributed by atoms with Crippen molar-refractivity contribution >= 4 is 39.3 Å². The van der Waals surface area contributed by atoms with Crippen molar-refractivity contribution in [1.29, 1.82) is 0 Å². The molecule has 2 aromatic carbocycles. The van der Waals surface area contributed by atoms with Crippen molar-refractivity contribution in [1.82, 2.24) is 15.4 Å². The van der Waals surface area contributed by atoms with E-state index in [4.69, 9.17) is 27.5 Å². The molecule has 2 amide bonds. The molecule has 5 atom stereocenters. The first kappa shape index (κ1) is 36.6. The number of terminal acetylenes is 1. The van der Waals surface area contributed by atoms with Gasteiger partial charge in [0.1, 0.15) is 11.9 Å². The van der Waals surface area contributed by atoms with Crippen LogP contribution >= 0.6 is 11.6 Å². The Hall–Kier alpha value is -3.21. The molecule has 256 valence electrons. The van der Waals surface area contributed by atoms with Gasteiger partial charge in [0.05, 0.1) is 25.0 Å². The summed E-state index contributed by atoms with van der Waals surface area (Å²) in [5.41, 5.74) is 1.22. The highest BCUT2D eigenvalue weighted by Crippen LogP contribution is 2.31. The maximum atomic E-state index is 15.3. The van der Waals surface area contributed by atoms with Crippen LogP contribution in [-0.2, 0) is 30.7 Å². The molecular formula is C34H44ClFN4O6S. The number of rotatable bonds is 11. The molecule has 2 fully saturated rings. The van der Waals surface area contributed by atoms with Crippen molar-refractivity contribution in [3.05, 3.63) is 64.4 Å². The molecule has 0 aliphatic carbocycles. The van der Waals surface area contributed by atoms with E-state index in [1.807, 2.05) is 12.1 Å². The van der Waals surface area contributed by atoms with Crippen molar-refractivity contribution in [2.45, 2.75) is 87.9 Å². The zero-order valence-corrected chi connectivity index (χ0v) is 28.2. The van der Waals surface area contributed by atoms with E-state index in [2.05, 4.69) is 26.6 Å². The number of hydrogen-bond acceptors (Lipinski definition) is 7. The molecule has 47 heavy (non-hydrogen) atoms. The molecule has 3 unspecified atom stereocenters. The largest absolute Gasteiger partial charge is 0.453 e. The lowest BCUT2D eigenvalue weighted by atomic mass is 9.85. The lowest BCUT2D eigenvalue weighted by molar-refractivity contribution is -0.118. The third kappa shape index (κ3) is 11.2. The highest BCUT2D eigenvalue weighted by Gasteiger charge is 2.33. The second-order valence-corrected chi connectivity index (χ2v) is 14.3. The van der Waals surface area contributed by atoms with Crippen molar-refractivity contribution in [2.24, 2.45) is 0 Å². The van der Waals surface area contributed by atoms with Gasteiger partial charge in [-0.25, -0.2) is 22.3 Å². The third-order valence-electron chi connectivity index (χ3n) is 8.70. The molecular weight excluding hydrogens is 647 g/mol. The summed E-state index contributed by atoms with van der Waals surface area (Å²) < 4.78 is 54.1. The summed E-state index contributed by atoms with van der Waals surface area (Å²) in [5.74, 6) is 0.990. The fourth-order valence-electron chi connectivity index (χ4n) is 6.15. The van der Waals surface area contributed by atoms with Crippen LogP contribution in [-0.4, -0.2) is 70.7 Å². The molecule has 0 spiro atoms. The number of nitrogens with one attached hydrogen (secondary N) is 4. The Balaban J connectivity index is 1.57. The average Bonchev–Trinajstić information content (AvgIpc) is 3.13. The van der Waals surface area contributed by atoms with Crippen LogP contribution in [0.3, 0.4) is 0 Å². The third-order valence-corrected chi connectivity index (χ3v) is 10.5. The number of alkyl carbamates (subject to hydrolysis) is 1. The predicted octanol–water partition coefficient (Wildman–Crippen LogP) is 4.88. The zero-order valence-electron chi connectivity index (χ0n) is 26.6. The number of amides is 2. The number of methoxy groups -OCH3 is 1. The summed E-state index contributed by atoms with van der Waals surface area (Å²) in [6, 6.07) is 9.53. The van der Waals surface area contributed by atoms with Crippen LogP contribution in [0.1, 0.15) is 68.4 Å². The van der Waals surface area contributed by atoms with Gasteiger partial charge >= 0.3 is 6.09 Å². The zero-order chi connectivity index (χ0) is 33.8. The van der Waals surface area contributed by atoms with E-state index in [9.17, 15) is 18.0 Å². The molecule has 2 aliphatic rings. The first-order chi connectivity index (χ1) is 22.6. The predicted molar refractivity (Wildman–Crippen MR) is 180 cm³/mol. The van der Waals surface area contributed by atoms with Gasteiger partial charge in [-0.05, 0) is 87.6 Å². The molecule has 2 aliphatic heterocycles. The highest BCUT2D eigenvalue weighted by molar-refractivity contribution is 7.89. The van der Waals surface area contributed by atoms with Crippen molar-refractivity contribution < 1.29 is 31.9 Å². The number of carbonyl (C=O) groups is 2. The second-order valence-electron chi connectivity index (χ2n) is 12.0. The van der Waals surface area contributed by atoms with E-state index in [1.54, 1.807) is 18.2 Å². The average molecular weight is 691 g/mol. The quantitative estimate of drug-likeness (QED) is 0.247. The number of halogens is 2. The minimum Gasteiger partial charge on any atom is -0.453 e. The minimum absolute atomic E-state index is 0.0376. The van der Waals surface area contributed by atoms with Gasteiger partial charge in [-0.2, -0.15) is 0 Å². The fourth-order valence-corrected chi connectivity index (χ4v) is 7.65. The van der Waals surface area contributed by atoms with Crippen molar-refractivity contribution in [3.8, 4) is 12.3 Å². The fraction of sp³-hybridized carbons (Fsp3) is 0.529. The van der Waals surface area contributed by atoms with Crippen LogP contribution in [0.25, 0.3) is 0 Å². The number of carbonyl (C=O) groups excluding carboxylic acids is 2. The van der Waals surface area contributed by atoms with E-state index in [-0.39, 0.29) is 48.5 Å². The molecule has 2 saturated heterocycles. The SMILES string of the molecule is C#CC1CCCS(=O)(=O)NC(CCc2c(F)cccc2NC(=O)[C@@H](NC(=O)OC)[C@H](CCC2CCCCO2)c2ccc(Cl)cc2)CN1. The highest BCUT2D eigenvalue weighted by atomic mass is 35.5. The molecule has 0 saturated carbocycles. The smallest absolute Gasteiger partial charge is 0.407 e. The molecule has 0 bridgehead atoms. The van der Waals surface area contributed by atoms with Gasteiger partial charge in [0.25, 0.3) is 0 Å². The standard InChI is InChI=1S/C34H44ClFN4O6S/c1-3-25-8-7-21-47(43,44)40-26(22-37-25)16-18-29-30(36)10-6-11-31(29)38-33(41)32(39-34(42)45-2)28(23-12-14-24(35)15-13-23)19-17-27-9-4-5-20-46-27/h1,6,10-15,25-28,32,37,40H,4-5,7-9,16-22H2,2H3,(H,38,41)(H,39,42)/t25?,26?,27?,28-,32+/m1/s1. The molecule has 10 nitrogen and oxygen atoms in total. The molecule has 2 heterocycles. The maximum Gasteiger partial charge on any atom is 0.407 e. The maximum absolute atomic E-state index is 15.3. The normalized spacial score (nSPS) is 22.7. The van der Waals surface area contributed by atoms with E-state index in [0.29, 0.717) is 37.3 Å². The monoisotopic (exact) mass is 690 g/mol. The van der Waals surface area contributed by atoms with Gasteiger partial charge in [0, 0.05) is 41.4 Å². The lowest BCUT2D eigenvalue weighted by Crippen LogP contribution is -2.48. The van der Waals surface area contributed by atoms with Gasteiger partial charge in [0.15, 0.2) is 0 Å². The van der Waals surface area contributed by atoms with Crippen LogP contribution in [0.4, 0.5) is 14.9 Å². The lowest BCUT2D eigenvalue weighted by Gasteiger charge is -2.30. The van der Waals surface area contributed by atoms with Gasteiger partial charge in [-0.1, -0.05) is 35.7 Å². The van der Waals surface area contributed by atoms with Gasteiger partial charge in [0.2, 0.25) is 15.9 Å². The van der Waals surface area contributed by atoms with Crippen LogP contribution in [0.15, 0.2) is 42.5 Å². The minimum atomic E-state index is -3.56. The summed E-state index contributed by atoms with van der Waals surface area (Å²) in [6.07, 6.45) is 10.3. The first-order valence-electron chi connectivity index (χ1n) is 16.1. The Kier molecular flexibility index (Phi) is 13.9. The van der Waals surface area contributed by atoms with Crippen molar-refractivity contribution in [3.63, 3.8) is 0 Å². The Bertz CT molecular complexity index is 1500. The van der Waals surface area contributed by atoms with E-state index < -0.39 is 45.8 Å². The van der Waals surface area contributed by atoms with Crippen LogP contribution < -0.4 is 20.7 Å². The van der Waals surface area contributed by atoms with Gasteiger partial charge in [-0.15, -0.1) is 6.42 Å². The van der Waals surface area contributed by atoms with Gasteiger partial charge in [-0.3, -0.25) is 4.79 Å². The molecule has 0 radical (unpaired) electrons.